The molecule has 2 heteroatoms. The molecular formula is C9H9BrO. The summed E-state index contributed by atoms with van der Waals surface area (Å²) in [6.45, 7) is 3.58. The Morgan fingerprint density at radius 1 is 1.55 bits per heavy atom. The molecule has 1 nitrogen and oxygen atoms in total. The van der Waals surface area contributed by atoms with E-state index in [0.717, 1.165) is 16.5 Å². The van der Waals surface area contributed by atoms with Gasteiger partial charge in [-0.05, 0) is 11.6 Å². The van der Waals surface area contributed by atoms with Crippen molar-refractivity contribution in [2.24, 2.45) is 0 Å². The molecule has 0 aromatic heterocycles. The SMILES string of the molecule is C=Cc1ccc(CBr)cc1O. The second-order valence-electron chi connectivity index (χ2n) is 2.23. The zero-order chi connectivity index (χ0) is 8.27. The van der Waals surface area contributed by atoms with Crippen molar-refractivity contribution in [3.63, 3.8) is 0 Å². The van der Waals surface area contributed by atoms with Crippen LogP contribution in [0.1, 0.15) is 11.1 Å². The minimum atomic E-state index is 0.289. The number of halogens is 1. The van der Waals surface area contributed by atoms with Crippen LogP contribution in [0.25, 0.3) is 6.08 Å². The molecule has 0 heterocycles. The quantitative estimate of drug-likeness (QED) is 0.748. The lowest BCUT2D eigenvalue weighted by molar-refractivity contribution is 0.473. The summed E-state index contributed by atoms with van der Waals surface area (Å²) in [5, 5.41) is 10.1. The van der Waals surface area contributed by atoms with Crippen molar-refractivity contribution in [3.05, 3.63) is 35.9 Å². The van der Waals surface area contributed by atoms with Crippen molar-refractivity contribution in [1.82, 2.24) is 0 Å². The molecule has 0 atom stereocenters. The van der Waals surface area contributed by atoms with Crippen LogP contribution in [0, 0.1) is 0 Å². The Balaban J connectivity index is 3.09. The lowest BCUT2D eigenvalue weighted by atomic mass is 10.1. The van der Waals surface area contributed by atoms with Gasteiger partial charge in [0.15, 0.2) is 0 Å². The first-order valence-electron chi connectivity index (χ1n) is 3.28. The van der Waals surface area contributed by atoms with Crippen molar-refractivity contribution in [2.45, 2.75) is 5.33 Å². The molecule has 1 N–H and O–H groups in total. The molecule has 0 fully saturated rings. The van der Waals surface area contributed by atoms with E-state index in [4.69, 9.17) is 0 Å². The number of benzene rings is 1. The molecule has 1 aromatic rings. The first kappa shape index (κ1) is 8.34. The van der Waals surface area contributed by atoms with E-state index in [1.165, 1.54) is 0 Å². The number of aromatic hydroxyl groups is 1. The number of hydrogen-bond acceptors (Lipinski definition) is 1. The van der Waals surface area contributed by atoms with E-state index in [-0.39, 0.29) is 5.75 Å². The average molecular weight is 213 g/mol. The average Bonchev–Trinajstić information content (AvgIpc) is 2.04. The fraction of sp³-hybridized carbons (Fsp3) is 0.111. The molecular weight excluding hydrogens is 204 g/mol. The van der Waals surface area contributed by atoms with Gasteiger partial charge in [0.05, 0.1) is 0 Å². The van der Waals surface area contributed by atoms with Crippen LogP contribution >= 0.6 is 15.9 Å². The topological polar surface area (TPSA) is 20.2 Å². The largest absolute Gasteiger partial charge is 0.507 e. The highest BCUT2D eigenvalue weighted by Crippen LogP contribution is 2.20. The monoisotopic (exact) mass is 212 g/mol. The predicted octanol–water partition coefficient (Wildman–Crippen LogP) is 2.93. The van der Waals surface area contributed by atoms with Crippen LogP contribution in [-0.4, -0.2) is 5.11 Å². The Labute approximate surface area is 74.5 Å². The Bertz CT molecular complexity index is 268. The fourth-order valence-corrected chi connectivity index (χ4v) is 1.19. The maximum Gasteiger partial charge on any atom is 0.123 e. The van der Waals surface area contributed by atoms with Gasteiger partial charge in [0.1, 0.15) is 5.75 Å². The zero-order valence-corrected chi connectivity index (χ0v) is 7.63. The first-order valence-corrected chi connectivity index (χ1v) is 4.40. The van der Waals surface area contributed by atoms with E-state index in [2.05, 4.69) is 22.5 Å². The van der Waals surface area contributed by atoms with Gasteiger partial charge in [-0.1, -0.05) is 40.7 Å². The Hall–Kier alpha value is -0.760. The predicted molar refractivity (Wildman–Crippen MR) is 50.8 cm³/mol. The number of phenols is 1. The van der Waals surface area contributed by atoms with Crippen LogP contribution in [0.15, 0.2) is 24.8 Å². The molecule has 0 saturated carbocycles. The zero-order valence-electron chi connectivity index (χ0n) is 6.05. The molecule has 11 heavy (non-hydrogen) atoms. The van der Waals surface area contributed by atoms with E-state index in [9.17, 15) is 5.11 Å². The van der Waals surface area contributed by atoms with Gasteiger partial charge in [0.2, 0.25) is 0 Å². The third kappa shape index (κ3) is 1.84. The molecule has 0 spiro atoms. The normalized spacial score (nSPS) is 9.55. The van der Waals surface area contributed by atoms with Crippen LogP contribution < -0.4 is 0 Å². The summed E-state index contributed by atoms with van der Waals surface area (Å²) < 4.78 is 0. The highest BCUT2D eigenvalue weighted by Gasteiger charge is 1.96. The van der Waals surface area contributed by atoms with Gasteiger partial charge in [-0.3, -0.25) is 0 Å². The van der Waals surface area contributed by atoms with Gasteiger partial charge in [-0.25, -0.2) is 0 Å². The highest BCUT2D eigenvalue weighted by atomic mass is 79.9. The van der Waals surface area contributed by atoms with Gasteiger partial charge in [0.25, 0.3) is 0 Å². The minimum absolute atomic E-state index is 0.289. The summed E-state index contributed by atoms with van der Waals surface area (Å²) in [7, 11) is 0. The maximum atomic E-state index is 9.33. The van der Waals surface area contributed by atoms with E-state index >= 15 is 0 Å². The molecule has 1 aromatic carbocycles. The molecule has 0 radical (unpaired) electrons. The first-order chi connectivity index (χ1) is 5.27. The van der Waals surface area contributed by atoms with Crippen molar-refractivity contribution in [3.8, 4) is 5.75 Å². The van der Waals surface area contributed by atoms with Crippen LogP contribution in [0.5, 0.6) is 5.75 Å². The van der Waals surface area contributed by atoms with Gasteiger partial charge in [-0.15, -0.1) is 0 Å². The van der Waals surface area contributed by atoms with Crippen LogP contribution in [-0.2, 0) is 5.33 Å². The van der Waals surface area contributed by atoms with Crippen molar-refractivity contribution >= 4 is 22.0 Å². The van der Waals surface area contributed by atoms with Crippen LogP contribution in [0.4, 0.5) is 0 Å². The molecule has 0 aliphatic carbocycles. The number of phenolic OH excluding ortho intramolecular Hbond substituents is 1. The summed E-state index contributed by atoms with van der Waals surface area (Å²) in [5.74, 6) is 0.289. The van der Waals surface area contributed by atoms with Crippen LogP contribution in [0.3, 0.4) is 0 Å². The smallest absolute Gasteiger partial charge is 0.123 e. The minimum Gasteiger partial charge on any atom is -0.507 e. The third-order valence-corrected chi connectivity index (χ3v) is 2.12. The van der Waals surface area contributed by atoms with E-state index in [1.54, 1.807) is 12.1 Å². The van der Waals surface area contributed by atoms with Crippen molar-refractivity contribution in [2.75, 3.05) is 0 Å². The number of hydrogen-bond donors (Lipinski definition) is 1. The lowest BCUT2D eigenvalue weighted by Gasteiger charge is -2.00. The van der Waals surface area contributed by atoms with Gasteiger partial charge < -0.3 is 5.11 Å². The molecule has 58 valence electrons. The molecule has 0 bridgehead atoms. The van der Waals surface area contributed by atoms with E-state index < -0.39 is 0 Å². The molecule has 1 rings (SSSR count). The van der Waals surface area contributed by atoms with Crippen molar-refractivity contribution in [1.29, 1.82) is 0 Å². The molecule has 0 saturated heterocycles. The van der Waals surface area contributed by atoms with Crippen LogP contribution in [0.2, 0.25) is 0 Å². The summed E-state index contributed by atoms with van der Waals surface area (Å²) in [4.78, 5) is 0. The highest BCUT2D eigenvalue weighted by molar-refractivity contribution is 9.08. The Morgan fingerprint density at radius 3 is 2.73 bits per heavy atom. The third-order valence-electron chi connectivity index (χ3n) is 1.47. The second-order valence-corrected chi connectivity index (χ2v) is 2.79. The molecule has 0 amide bonds. The summed E-state index contributed by atoms with van der Waals surface area (Å²) >= 11 is 3.30. The number of rotatable bonds is 2. The van der Waals surface area contributed by atoms with E-state index in [1.807, 2.05) is 12.1 Å². The second kappa shape index (κ2) is 3.58. The summed E-state index contributed by atoms with van der Waals surface area (Å²) in [6.07, 6.45) is 1.63. The summed E-state index contributed by atoms with van der Waals surface area (Å²) in [6, 6.07) is 5.52. The molecule has 0 aliphatic rings. The fourth-order valence-electron chi connectivity index (χ4n) is 0.845. The standard InChI is InChI=1S/C9H9BrO/c1-2-8-4-3-7(6-10)5-9(8)11/h2-5,11H,1,6H2. The van der Waals surface area contributed by atoms with Gasteiger partial charge in [0, 0.05) is 10.9 Å². The van der Waals surface area contributed by atoms with Crippen molar-refractivity contribution < 1.29 is 5.11 Å². The van der Waals surface area contributed by atoms with E-state index in [0.29, 0.717) is 0 Å². The van der Waals surface area contributed by atoms with Gasteiger partial charge >= 0.3 is 0 Å². The maximum absolute atomic E-state index is 9.33. The lowest BCUT2D eigenvalue weighted by Crippen LogP contribution is -1.79. The molecule has 0 aliphatic heterocycles. The Kier molecular flexibility index (Phi) is 2.71. The summed E-state index contributed by atoms with van der Waals surface area (Å²) in [5.41, 5.74) is 1.84. The molecule has 0 unspecified atom stereocenters. The number of alkyl halides is 1. The van der Waals surface area contributed by atoms with Gasteiger partial charge in [-0.2, -0.15) is 0 Å². The Morgan fingerprint density at radius 2 is 2.27 bits per heavy atom.